The van der Waals surface area contributed by atoms with Crippen molar-refractivity contribution in [2.45, 2.75) is 38.6 Å². The normalized spacial score (nSPS) is 20.7. The highest BCUT2D eigenvalue weighted by molar-refractivity contribution is 7.91. The molecule has 2 heterocycles. The summed E-state index contributed by atoms with van der Waals surface area (Å²) in [6, 6.07) is 6.32. The zero-order valence-electron chi connectivity index (χ0n) is 15.4. The van der Waals surface area contributed by atoms with Crippen molar-refractivity contribution < 1.29 is 8.42 Å². The first-order valence-corrected chi connectivity index (χ1v) is 11.6. The Kier molecular flexibility index (Phi) is 4.02. The van der Waals surface area contributed by atoms with E-state index >= 15 is 0 Å². The van der Waals surface area contributed by atoms with Crippen LogP contribution in [0.15, 0.2) is 23.0 Å². The van der Waals surface area contributed by atoms with Crippen LogP contribution in [0.1, 0.15) is 40.7 Å². The van der Waals surface area contributed by atoms with Crippen molar-refractivity contribution in [2.75, 3.05) is 24.6 Å². The Balaban J connectivity index is 1.50. The molecule has 1 aromatic heterocycles. The first-order chi connectivity index (χ1) is 13.0. The fourth-order valence-electron chi connectivity index (χ4n) is 4.88. The fraction of sp³-hybridized carbons (Fsp3) is 0.476. The van der Waals surface area contributed by atoms with Crippen LogP contribution in [0.2, 0.25) is 0 Å². The summed E-state index contributed by atoms with van der Waals surface area (Å²) in [5.74, 6) is 0.506. The van der Waals surface area contributed by atoms with E-state index in [1.54, 1.807) is 0 Å². The molecular formula is C21H24N2O3S. The third-order valence-corrected chi connectivity index (χ3v) is 7.98. The van der Waals surface area contributed by atoms with Crippen LogP contribution in [-0.2, 0) is 35.6 Å². The van der Waals surface area contributed by atoms with Gasteiger partial charge in [0.05, 0.1) is 17.2 Å². The van der Waals surface area contributed by atoms with Gasteiger partial charge in [-0.15, -0.1) is 0 Å². The number of benzene rings is 1. The molecule has 27 heavy (non-hydrogen) atoms. The highest BCUT2D eigenvalue weighted by Crippen LogP contribution is 2.40. The quantitative estimate of drug-likeness (QED) is 0.734. The third kappa shape index (κ3) is 2.95. The summed E-state index contributed by atoms with van der Waals surface area (Å²) in [5, 5.41) is 0. The molecular weight excluding hydrogens is 360 g/mol. The minimum Gasteiger partial charge on any atom is -0.321 e. The molecule has 3 aliphatic rings. The second-order valence-electron chi connectivity index (χ2n) is 8.02. The van der Waals surface area contributed by atoms with Crippen LogP contribution in [0.4, 0.5) is 0 Å². The maximum Gasteiger partial charge on any atom is 0.251 e. The van der Waals surface area contributed by atoms with Gasteiger partial charge in [-0.05, 0) is 47.9 Å². The lowest BCUT2D eigenvalue weighted by molar-refractivity contribution is 0.287. The van der Waals surface area contributed by atoms with E-state index < -0.39 is 9.84 Å². The molecule has 2 aromatic rings. The number of fused-ring (bicyclic) bond motifs is 5. The molecule has 0 atom stereocenters. The molecule has 2 aliphatic carbocycles. The van der Waals surface area contributed by atoms with Crippen molar-refractivity contribution in [3.63, 3.8) is 0 Å². The van der Waals surface area contributed by atoms with E-state index in [0.29, 0.717) is 13.1 Å². The van der Waals surface area contributed by atoms with Gasteiger partial charge in [-0.25, -0.2) is 8.42 Å². The number of hydrogen-bond donors (Lipinski definition) is 1. The summed E-state index contributed by atoms with van der Waals surface area (Å²) in [7, 11) is -2.86. The van der Waals surface area contributed by atoms with Gasteiger partial charge in [0, 0.05) is 37.2 Å². The summed E-state index contributed by atoms with van der Waals surface area (Å²) < 4.78 is 23.4. The standard InChI is InChI=1S/C21H24N2O3S/c24-21-17-6-2-1-5-15(17)19-12-18-14(4-3-7-16(18)20(19)22-21)13-23-8-10-27(25,26)11-9-23/h3-4,7H,1-2,5-6,8-13H2,(H,22,24). The van der Waals surface area contributed by atoms with Crippen LogP contribution in [0.3, 0.4) is 0 Å². The highest BCUT2D eigenvalue weighted by Gasteiger charge is 2.29. The average molecular weight is 385 g/mol. The lowest BCUT2D eigenvalue weighted by atomic mass is 9.88. The number of aromatic amines is 1. The Labute approximate surface area is 159 Å². The lowest BCUT2D eigenvalue weighted by Gasteiger charge is -2.27. The highest BCUT2D eigenvalue weighted by atomic mass is 32.2. The molecule has 0 saturated carbocycles. The molecule has 1 N–H and O–H groups in total. The molecule has 6 heteroatoms. The summed E-state index contributed by atoms with van der Waals surface area (Å²) in [6.07, 6.45) is 5.05. The lowest BCUT2D eigenvalue weighted by Crippen LogP contribution is -2.39. The fourth-order valence-corrected chi connectivity index (χ4v) is 6.16. The van der Waals surface area contributed by atoms with Gasteiger partial charge >= 0.3 is 0 Å². The van der Waals surface area contributed by atoms with Gasteiger partial charge in [0.25, 0.3) is 5.56 Å². The van der Waals surface area contributed by atoms with Gasteiger partial charge in [-0.2, -0.15) is 0 Å². The Morgan fingerprint density at radius 3 is 2.48 bits per heavy atom. The van der Waals surface area contributed by atoms with Crippen molar-refractivity contribution >= 4 is 9.84 Å². The Morgan fingerprint density at radius 1 is 0.963 bits per heavy atom. The minimum atomic E-state index is -2.86. The Hall–Kier alpha value is -1.92. The largest absolute Gasteiger partial charge is 0.321 e. The van der Waals surface area contributed by atoms with E-state index in [4.69, 9.17) is 0 Å². The maximum absolute atomic E-state index is 12.6. The van der Waals surface area contributed by atoms with Crippen LogP contribution < -0.4 is 5.56 Å². The topological polar surface area (TPSA) is 70.2 Å². The molecule has 0 amide bonds. The van der Waals surface area contributed by atoms with E-state index in [2.05, 4.69) is 28.1 Å². The number of rotatable bonds is 2. The SMILES string of the molecule is O=c1[nH]c2c(c3c1CCCC3)Cc1c(CN3CCS(=O)(=O)CC3)cccc1-2. The second-order valence-corrected chi connectivity index (χ2v) is 10.3. The monoisotopic (exact) mass is 384 g/mol. The van der Waals surface area contributed by atoms with Gasteiger partial charge in [0.2, 0.25) is 0 Å². The molecule has 1 fully saturated rings. The molecule has 5 nitrogen and oxygen atoms in total. The number of H-pyrrole nitrogens is 1. The molecule has 0 spiro atoms. The molecule has 5 rings (SSSR count). The molecule has 1 aromatic carbocycles. The van der Waals surface area contributed by atoms with Gasteiger partial charge < -0.3 is 4.98 Å². The van der Waals surface area contributed by atoms with Gasteiger partial charge in [0.1, 0.15) is 0 Å². The minimum absolute atomic E-state index is 0.0861. The van der Waals surface area contributed by atoms with Crippen molar-refractivity contribution in [3.8, 4) is 11.3 Å². The van der Waals surface area contributed by atoms with E-state index in [-0.39, 0.29) is 17.1 Å². The number of nitrogens with zero attached hydrogens (tertiary/aromatic N) is 1. The van der Waals surface area contributed by atoms with Gasteiger partial charge in [-0.1, -0.05) is 18.2 Å². The maximum atomic E-state index is 12.6. The zero-order chi connectivity index (χ0) is 18.6. The smallest absolute Gasteiger partial charge is 0.251 e. The van der Waals surface area contributed by atoms with E-state index in [1.165, 1.54) is 22.3 Å². The van der Waals surface area contributed by atoms with Crippen molar-refractivity contribution in [1.82, 2.24) is 9.88 Å². The number of aromatic nitrogens is 1. The first-order valence-electron chi connectivity index (χ1n) is 9.83. The van der Waals surface area contributed by atoms with E-state index in [9.17, 15) is 13.2 Å². The van der Waals surface area contributed by atoms with Crippen molar-refractivity contribution in [1.29, 1.82) is 0 Å². The first kappa shape index (κ1) is 17.2. The average Bonchev–Trinajstić information content (AvgIpc) is 3.04. The molecule has 1 saturated heterocycles. The van der Waals surface area contributed by atoms with E-state index in [1.807, 2.05) is 0 Å². The van der Waals surface area contributed by atoms with Crippen LogP contribution in [-0.4, -0.2) is 42.9 Å². The van der Waals surface area contributed by atoms with Crippen LogP contribution in [0.25, 0.3) is 11.3 Å². The predicted molar refractivity (Wildman–Crippen MR) is 106 cm³/mol. The Bertz CT molecular complexity index is 1070. The zero-order valence-corrected chi connectivity index (χ0v) is 16.2. The van der Waals surface area contributed by atoms with Crippen LogP contribution in [0, 0.1) is 0 Å². The number of nitrogens with one attached hydrogen (secondary N) is 1. The van der Waals surface area contributed by atoms with Crippen molar-refractivity contribution in [3.05, 3.63) is 56.4 Å². The van der Waals surface area contributed by atoms with Gasteiger partial charge in [-0.3, -0.25) is 9.69 Å². The second kappa shape index (κ2) is 6.31. The number of sulfone groups is 1. The summed E-state index contributed by atoms with van der Waals surface area (Å²) >= 11 is 0. The molecule has 0 radical (unpaired) electrons. The summed E-state index contributed by atoms with van der Waals surface area (Å²) in [6.45, 7) is 1.98. The van der Waals surface area contributed by atoms with Crippen molar-refractivity contribution in [2.24, 2.45) is 0 Å². The number of pyridine rings is 1. The molecule has 142 valence electrons. The van der Waals surface area contributed by atoms with Crippen LogP contribution in [0.5, 0.6) is 0 Å². The Morgan fingerprint density at radius 2 is 1.70 bits per heavy atom. The van der Waals surface area contributed by atoms with Gasteiger partial charge in [0.15, 0.2) is 9.84 Å². The molecule has 1 aliphatic heterocycles. The third-order valence-electron chi connectivity index (χ3n) is 6.37. The predicted octanol–water partition coefficient (Wildman–Crippen LogP) is 2.06. The summed E-state index contributed by atoms with van der Waals surface area (Å²) in [5.41, 5.74) is 8.40. The summed E-state index contributed by atoms with van der Waals surface area (Å²) in [4.78, 5) is 18.0. The van der Waals surface area contributed by atoms with E-state index in [0.717, 1.165) is 55.5 Å². The molecule has 0 unspecified atom stereocenters. The van der Waals surface area contributed by atoms with Crippen LogP contribution >= 0.6 is 0 Å². The molecule has 0 bridgehead atoms. The number of hydrogen-bond acceptors (Lipinski definition) is 4.